The molecule has 0 radical (unpaired) electrons. The van der Waals surface area contributed by atoms with E-state index in [1.165, 1.54) is 25.3 Å². The molecule has 0 aliphatic heterocycles. The van der Waals surface area contributed by atoms with Crippen LogP contribution in [-0.2, 0) is 21.0 Å². The number of aryl methyl sites for hydroxylation is 1. The number of carboxylic acid groups (broad SMARTS) is 1. The number of sulfonamides is 1. The Kier molecular flexibility index (Phi) is 5.69. The number of halogens is 3. The van der Waals surface area contributed by atoms with Gasteiger partial charge in [-0.2, -0.15) is 13.2 Å². The van der Waals surface area contributed by atoms with Crippen molar-refractivity contribution in [1.29, 1.82) is 0 Å². The zero-order valence-electron chi connectivity index (χ0n) is 14.3. The molecular formula is C17H16F3NO5S. The number of benzene rings is 2. The zero-order valence-corrected chi connectivity index (χ0v) is 15.1. The van der Waals surface area contributed by atoms with Crippen molar-refractivity contribution in [3.63, 3.8) is 0 Å². The van der Waals surface area contributed by atoms with Gasteiger partial charge in [-0.15, -0.1) is 0 Å². The van der Waals surface area contributed by atoms with Crippen LogP contribution >= 0.6 is 0 Å². The molecule has 0 atom stereocenters. The monoisotopic (exact) mass is 403 g/mol. The molecule has 0 heterocycles. The summed E-state index contributed by atoms with van der Waals surface area (Å²) in [6, 6.07) is 7.17. The average Bonchev–Trinajstić information content (AvgIpc) is 2.58. The first-order chi connectivity index (χ1) is 12.5. The maximum Gasteiger partial charge on any atom is 0.416 e. The van der Waals surface area contributed by atoms with Crippen molar-refractivity contribution in [2.45, 2.75) is 18.0 Å². The van der Waals surface area contributed by atoms with Gasteiger partial charge in [-0.3, -0.25) is 9.10 Å². The fourth-order valence-electron chi connectivity index (χ4n) is 2.39. The highest BCUT2D eigenvalue weighted by atomic mass is 32.2. The third-order valence-electron chi connectivity index (χ3n) is 3.72. The molecule has 0 spiro atoms. The highest BCUT2D eigenvalue weighted by Crippen LogP contribution is 2.32. The van der Waals surface area contributed by atoms with Crippen LogP contribution in [0.1, 0.15) is 11.1 Å². The minimum Gasteiger partial charge on any atom is -0.496 e. The summed E-state index contributed by atoms with van der Waals surface area (Å²) in [5.41, 5.74) is -0.667. The summed E-state index contributed by atoms with van der Waals surface area (Å²) in [7, 11) is -2.92. The lowest BCUT2D eigenvalue weighted by Crippen LogP contribution is -2.35. The Bertz CT molecular complexity index is 940. The molecule has 10 heteroatoms. The summed E-state index contributed by atoms with van der Waals surface area (Å²) < 4.78 is 69.5. The number of rotatable bonds is 6. The summed E-state index contributed by atoms with van der Waals surface area (Å²) in [6.45, 7) is 0.663. The van der Waals surface area contributed by atoms with E-state index in [2.05, 4.69) is 0 Å². The van der Waals surface area contributed by atoms with Crippen LogP contribution in [0.15, 0.2) is 47.4 Å². The second-order valence-electron chi connectivity index (χ2n) is 5.58. The molecule has 0 fully saturated rings. The van der Waals surface area contributed by atoms with Crippen LogP contribution in [0.3, 0.4) is 0 Å². The fourth-order valence-corrected chi connectivity index (χ4v) is 3.89. The maximum atomic E-state index is 12.9. The second kappa shape index (κ2) is 7.47. The van der Waals surface area contributed by atoms with Crippen molar-refractivity contribution in [2.24, 2.45) is 0 Å². The zero-order chi connectivity index (χ0) is 20.4. The number of alkyl halides is 3. The predicted molar refractivity (Wildman–Crippen MR) is 91.3 cm³/mol. The number of methoxy groups -OCH3 is 1. The van der Waals surface area contributed by atoms with E-state index < -0.39 is 34.3 Å². The average molecular weight is 403 g/mol. The molecule has 0 unspecified atom stereocenters. The smallest absolute Gasteiger partial charge is 0.416 e. The minimum atomic E-state index is -4.60. The van der Waals surface area contributed by atoms with Gasteiger partial charge in [0.25, 0.3) is 10.0 Å². The molecule has 0 saturated carbocycles. The van der Waals surface area contributed by atoms with Gasteiger partial charge >= 0.3 is 12.1 Å². The van der Waals surface area contributed by atoms with Crippen LogP contribution < -0.4 is 9.04 Å². The number of carbonyl (C=O) groups is 1. The molecule has 0 aromatic heterocycles. The van der Waals surface area contributed by atoms with Crippen LogP contribution in [0.2, 0.25) is 0 Å². The van der Waals surface area contributed by atoms with Crippen molar-refractivity contribution in [1.82, 2.24) is 0 Å². The van der Waals surface area contributed by atoms with Gasteiger partial charge in [0.15, 0.2) is 0 Å². The van der Waals surface area contributed by atoms with E-state index in [1.807, 2.05) is 0 Å². The van der Waals surface area contributed by atoms with Gasteiger partial charge in [0.05, 0.1) is 23.3 Å². The number of hydrogen-bond acceptors (Lipinski definition) is 4. The number of nitrogens with zero attached hydrogens (tertiary/aromatic N) is 1. The lowest BCUT2D eigenvalue weighted by Gasteiger charge is -2.23. The topological polar surface area (TPSA) is 83.9 Å². The minimum absolute atomic E-state index is 0.195. The predicted octanol–water partition coefficient (Wildman–Crippen LogP) is 3.30. The van der Waals surface area contributed by atoms with Gasteiger partial charge in [0, 0.05) is 0 Å². The third kappa shape index (κ3) is 4.51. The molecule has 0 saturated heterocycles. The van der Waals surface area contributed by atoms with E-state index in [-0.39, 0.29) is 10.6 Å². The Balaban J connectivity index is 2.52. The molecule has 27 heavy (non-hydrogen) atoms. The van der Waals surface area contributed by atoms with Gasteiger partial charge in [-0.25, -0.2) is 8.42 Å². The number of carboxylic acids is 1. The van der Waals surface area contributed by atoms with E-state index >= 15 is 0 Å². The highest BCUT2D eigenvalue weighted by Gasteiger charge is 2.32. The quantitative estimate of drug-likeness (QED) is 0.800. The molecule has 0 aliphatic rings. The molecule has 0 bridgehead atoms. The Labute approximate surface area is 153 Å². The Morgan fingerprint density at radius 2 is 1.74 bits per heavy atom. The third-order valence-corrected chi connectivity index (χ3v) is 5.49. The van der Waals surface area contributed by atoms with Crippen molar-refractivity contribution in [2.75, 3.05) is 18.0 Å². The molecular weight excluding hydrogens is 387 g/mol. The Hall–Kier alpha value is -2.75. The molecule has 2 aromatic rings. The van der Waals surface area contributed by atoms with Crippen LogP contribution in [0.5, 0.6) is 5.75 Å². The van der Waals surface area contributed by atoms with Crippen LogP contribution in [0.4, 0.5) is 18.9 Å². The van der Waals surface area contributed by atoms with Crippen molar-refractivity contribution >= 4 is 21.7 Å². The fraction of sp³-hybridized carbons (Fsp3) is 0.235. The van der Waals surface area contributed by atoms with Crippen LogP contribution in [0.25, 0.3) is 0 Å². The van der Waals surface area contributed by atoms with Crippen molar-refractivity contribution in [3.8, 4) is 5.75 Å². The van der Waals surface area contributed by atoms with E-state index in [9.17, 15) is 26.4 Å². The van der Waals surface area contributed by atoms with E-state index in [0.29, 0.717) is 27.8 Å². The van der Waals surface area contributed by atoms with Gasteiger partial charge in [-0.05, 0) is 55.0 Å². The first kappa shape index (κ1) is 20.6. The molecule has 2 aromatic carbocycles. The van der Waals surface area contributed by atoms with Crippen molar-refractivity contribution in [3.05, 3.63) is 53.6 Å². The van der Waals surface area contributed by atoms with Crippen LogP contribution in [0, 0.1) is 6.92 Å². The molecule has 0 aliphatic carbocycles. The highest BCUT2D eigenvalue weighted by molar-refractivity contribution is 7.92. The standard InChI is InChI=1S/C17H16F3NO5S/c1-11-9-14(7-8-15(11)26-2)27(24,25)21(10-16(22)23)13-5-3-12(4-6-13)17(18,19)20/h3-9H,10H2,1-2H3,(H,22,23). The largest absolute Gasteiger partial charge is 0.496 e. The number of anilines is 1. The summed E-state index contributed by atoms with van der Waals surface area (Å²) in [5, 5.41) is 9.07. The molecule has 2 rings (SSSR count). The lowest BCUT2D eigenvalue weighted by molar-refractivity contribution is -0.138. The summed E-state index contributed by atoms with van der Waals surface area (Å²) >= 11 is 0. The van der Waals surface area contributed by atoms with Gasteiger partial charge in [0.1, 0.15) is 12.3 Å². The van der Waals surface area contributed by atoms with Gasteiger partial charge < -0.3 is 9.84 Å². The molecule has 146 valence electrons. The van der Waals surface area contributed by atoms with Gasteiger partial charge in [0.2, 0.25) is 0 Å². The van der Waals surface area contributed by atoms with E-state index in [4.69, 9.17) is 9.84 Å². The molecule has 1 N–H and O–H groups in total. The lowest BCUT2D eigenvalue weighted by atomic mass is 10.2. The number of hydrogen-bond donors (Lipinski definition) is 1. The van der Waals surface area contributed by atoms with E-state index in [1.54, 1.807) is 6.92 Å². The number of aliphatic carboxylic acids is 1. The normalized spacial score (nSPS) is 11.9. The second-order valence-corrected chi connectivity index (χ2v) is 7.44. The first-order valence-corrected chi connectivity index (χ1v) is 8.97. The van der Waals surface area contributed by atoms with Crippen LogP contribution in [-0.4, -0.2) is 33.1 Å². The summed E-state index contributed by atoms with van der Waals surface area (Å²) in [6.07, 6.45) is -4.60. The van der Waals surface area contributed by atoms with E-state index in [0.717, 1.165) is 12.1 Å². The van der Waals surface area contributed by atoms with Crippen molar-refractivity contribution < 1.29 is 36.2 Å². The Morgan fingerprint density at radius 1 is 1.15 bits per heavy atom. The summed E-state index contributed by atoms with van der Waals surface area (Å²) in [5.74, 6) is -1.02. The van der Waals surface area contributed by atoms with Gasteiger partial charge in [-0.1, -0.05) is 0 Å². The number of ether oxygens (including phenoxy) is 1. The maximum absolute atomic E-state index is 12.9. The summed E-state index contributed by atoms with van der Waals surface area (Å²) in [4.78, 5) is 10.9. The Morgan fingerprint density at radius 3 is 2.19 bits per heavy atom. The molecule has 6 nitrogen and oxygen atoms in total. The SMILES string of the molecule is COc1ccc(S(=O)(=O)N(CC(=O)O)c2ccc(C(F)(F)F)cc2)cc1C. The first-order valence-electron chi connectivity index (χ1n) is 7.53. The molecule has 0 amide bonds.